The summed E-state index contributed by atoms with van der Waals surface area (Å²) >= 11 is 2.95. The second kappa shape index (κ2) is 8.03. The fourth-order valence-electron chi connectivity index (χ4n) is 3.93. The van der Waals surface area contributed by atoms with Crippen LogP contribution in [-0.2, 0) is 4.79 Å². The van der Waals surface area contributed by atoms with Gasteiger partial charge >= 0.3 is 0 Å². The number of likely N-dealkylation sites (tertiary alicyclic amines) is 2. The number of ether oxygens (including phenoxy) is 1. The first-order chi connectivity index (χ1) is 12.7. The molecule has 0 radical (unpaired) electrons. The number of carbonyl (C=O) groups excluding carboxylic acids is 1. The molecule has 0 spiro atoms. The highest BCUT2D eigenvalue weighted by molar-refractivity contribution is 9.10. The molecule has 0 saturated carbocycles. The summed E-state index contributed by atoms with van der Waals surface area (Å²) in [4.78, 5) is 17.3. The van der Waals surface area contributed by atoms with Crippen LogP contribution in [0.5, 0.6) is 5.75 Å². The van der Waals surface area contributed by atoms with E-state index in [2.05, 4.69) is 41.6 Å². The second-order valence-corrected chi connectivity index (χ2v) is 9.22. The molecule has 2 aliphatic rings. The minimum atomic E-state index is -0.755. The average molecular weight is 445 g/mol. The fraction of sp³-hybridized carbons (Fsp3) is 0.650. The Balaban J connectivity index is 1.65. The zero-order valence-electron chi connectivity index (χ0n) is 16.1. The Morgan fingerprint density at radius 2 is 1.74 bits per heavy atom. The van der Waals surface area contributed by atoms with Crippen LogP contribution in [0.15, 0.2) is 16.6 Å². The number of benzene rings is 1. The minimum absolute atomic E-state index is 0.0366. The van der Waals surface area contributed by atoms with Crippen LogP contribution in [0.1, 0.15) is 46.5 Å². The van der Waals surface area contributed by atoms with Gasteiger partial charge in [-0.05, 0) is 68.5 Å². The molecule has 2 heterocycles. The van der Waals surface area contributed by atoms with E-state index in [0.29, 0.717) is 13.0 Å². The van der Waals surface area contributed by atoms with Crippen LogP contribution in [0, 0.1) is 11.6 Å². The zero-order chi connectivity index (χ0) is 19.8. The van der Waals surface area contributed by atoms with Crippen LogP contribution in [-0.4, -0.2) is 53.0 Å². The summed E-state index contributed by atoms with van der Waals surface area (Å²) in [6, 6.07) is 2.21. The molecule has 1 amide bonds. The van der Waals surface area contributed by atoms with Gasteiger partial charge in [0.05, 0.1) is 4.47 Å². The second-order valence-electron chi connectivity index (χ2n) is 8.37. The number of amides is 1. The van der Waals surface area contributed by atoms with Crippen molar-refractivity contribution in [2.24, 2.45) is 0 Å². The number of rotatable bonds is 3. The van der Waals surface area contributed by atoms with E-state index < -0.39 is 17.7 Å². The molecule has 1 atom stereocenters. The Labute approximate surface area is 168 Å². The molecule has 3 rings (SSSR count). The van der Waals surface area contributed by atoms with Crippen molar-refractivity contribution in [2.45, 2.75) is 64.1 Å². The van der Waals surface area contributed by atoms with E-state index in [4.69, 9.17) is 4.74 Å². The number of piperidine rings is 2. The molecule has 0 aliphatic carbocycles. The first kappa shape index (κ1) is 20.5. The smallest absolute Gasteiger partial charge is 0.263 e. The zero-order valence-corrected chi connectivity index (χ0v) is 17.7. The van der Waals surface area contributed by atoms with Crippen molar-refractivity contribution in [3.63, 3.8) is 0 Å². The molecule has 1 aromatic rings. The Hall–Kier alpha value is -1.21. The molecule has 2 saturated heterocycles. The Morgan fingerprint density at radius 1 is 1.07 bits per heavy atom. The minimum Gasteiger partial charge on any atom is -0.477 e. The lowest BCUT2D eigenvalue weighted by Gasteiger charge is -2.45. The summed E-state index contributed by atoms with van der Waals surface area (Å²) in [6.07, 6.45) is 2.42. The van der Waals surface area contributed by atoms with Crippen LogP contribution in [0.2, 0.25) is 0 Å². The molecule has 0 bridgehead atoms. The van der Waals surface area contributed by atoms with Crippen LogP contribution < -0.4 is 4.74 Å². The molecule has 0 aromatic heterocycles. The summed E-state index contributed by atoms with van der Waals surface area (Å²) in [6.45, 7) is 9.22. The summed E-state index contributed by atoms with van der Waals surface area (Å²) in [7, 11) is 0. The van der Waals surface area contributed by atoms with Gasteiger partial charge in [0, 0.05) is 37.3 Å². The highest BCUT2D eigenvalue weighted by Gasteiger charge is 2.37. The normalized spacial score (nSPS) is 23.0. The van der Waals surface area contributed by atoms with Crippen molar-refractivity contribution in [1.29, 1.82) is 0 Å². The first-order valence-corrected chi connectivity index (χ1v) is 10.3. The van der Waals surface area contributed by atoms with Gasteiger partial charge in [0.25, 0.3) is 5.91 Å². The van der Waals surface area contributed by atoms with Crippen molar-refractivity contribution in [3.05, 3.63) is 28.2 Å². The lowest BCUT2D eigenvalue weighted by atomic mass is 9.95. The van der Waals surface area contributed by atoms with Crippen LogP contribution >= 0.6 is 15.9 Å². The maximum Gasteiger partial charge on any atom is 0.263 e. The van der Waals surface area contributed by atoms with E-state index >= 15 is 0 Å². The number of hydrogen-bond acceptors (Lipinski definition) is 3. The van der Waals surface area contributed by atoms with Gasteiger partial charge in [-0.15, -0.1) is 0 Å². The standard InChI is InChI=1S/C20H27BrF2N2O2/c1-20(2,3)24-9-6-13(7-10-24)25-8-4-5-17(19(25)26)27-18-12-15(22)14(21)11-16(18)23/h11-13,17H,4-10H2,1-3H3. The number of hydrogen-bond donors (Lipinski definition) is 0. The SMILES string of the molecule is CC(C)(C)N1CCC(N2CCCC(Oc3cc(F)c(Br)cc3F)C2=O)CC1. The van der Waals surface area contributed by atoms with Crippen LogP contribution in [0.3, 0.4) is 0 Å². The van der Waals surface area contributed by atoms with Crippen molar-refractivity contribution >= 4 is 21.8 Å². The van der Waals surface area contributed by atoms with Gasteiger partial charge in [0.1, 0.15) is 5.82 Å². The molecule has 2 aliphatic heterocycles. The summed E-state index contributed by atoms with van der Waals surface area (Å²) in [5, 5.41) is 0. The van der Waals surface area contributed by atoms with Gasteiger partial charge in [-0.3, -0.25) is 9.69 Å². The highest BCUT2D eigenvalue weighted by Crippen LogP contribution is 2.30. The molecular formula is C20H27BrF2N2O2. The van der Waals surface area contributed by atoms with Gasteiger partial charge in [-0.25, -0.2) is 8.78 Å². The molecule has 7 heteroatoms. The third-order valence-electron chi connectivity index (χ3n) is 5.52. The third kappa shape index (κ3) is 4.62. The Morgan fingerprint density at radius 3 is 2.37 bits per heavy atom. The molecule has 1 unspecified atom stereocenters. The van der Waals surface area contributed by atoms with E-state index in [9.17, 15) is 13.6 Å². The predicted octanol–water partition coefficient (Wildman–Crippen LogP) is 4.36. The molecule has 150 valence electrons. The quantitative estimate of drug-likeness (QED) is 0.649. The maximum absolute atomic E-state index is 14.1. The topological polar surface area (TPSA) is 32.8 Å². The monoisotopic (exact) mass is 444 g/mol. The van der Waals surface area contributed by atoms with Crippen molar-refractivity contribution in [3.8, 4) is 5.75 Å². The Kier molecular flexibility index (Phi) is 6.11. The molecule has 2 fully saturated rings. The molecule has 1 aromatic carbocycles. The van der Waals surface area contributed by atoms with E-state index in [1.165, 1.54) is 0 Å². The third-order valence-corrected chi connectivity index (χ3v) is 6.13. The first-order valence-electron chi connectivity index (χ1n) is 9.53. The average Bonchev–Trinajstić information content (AvgIpc) is 2.61. The van der Waals surface area contributed by atoms with Gasteiger partial charge in [-0.2, -0.15) is 0 Å². The molecular weight excluding hydrogens is 418 g/mol. The maximum atomic E-state index is 14.1. The van der Waals surface area contributed by atoms with E-state index in [-0.39, 0.29) is 27.7 Å². The van der Waals surface area contributed by atoms with Crippen LogP contribution in [0.25, 0.3) is 0 Å². The highest BCUT2D eigenvalue weighted by atomic mass is 79.9. The number of nitrogens with zero attached hydrogens (tertiary/aromatic N) is 2. The van der Waals surface area contributed by atoms with Crippen molar-refractivity contribution in [1.82, 2.24) is 9.80 Å². The molecule has 27 heavy (non-hydrogen) atoms. The van der Waals surface area contributed by atoms with Gasteiger partial charge in [0.15, 0.2) is 17.7 Å². The Bertz CT molecular complexity index is 700. The van der Waals surface area contributed by atoms with E-state index in [0.717, 1.165) is 44.5 Å². The van der Waals surface area contributed by atoms with Crippen molar-refractivity contribution < 1.29 is 18.3 Å². The lowest BCUT2D eigenvalue weighted by molar-refractivity contribution is -0.146. The van der Waals surface area contributed by atoms with E-state index in [1.807, 2.05) is 4.90 Å². The number of halogens is 3. The molecule has 4 nitrogen and oxygen atoms in total. The summed E-state index contributed by atoms with van der Waals surface area (Å²) in [5.74, 6) is -1.61. The van der Waals surface area contributed by atoms with Gasteiger partial charge < -0.3 is 9.64 Å². The van der Waals surface area contributed by atoms with Gasteiger partial charge in [-0.1, -0.05) is 0 Å². The number of carbonyl (C=O) groups is 1. The summed E-state index contributed by atoms with van der Waals surface area (Å²) < 4.78 is 33.4. The predicted molar refractivity (Wildman–Crippen MR) is 104 cm³/mol. The van der Waals surface area contributed by atoms with Gasteiger partial charge in [0.2, 0.25) is 0 Å². The molecule has 0 N–H and O–H groups in total. The lowest BCUT2D eigenvalue weighted by Crippen LogP contribution is -2.56. The van der Waals surface area contributed by atoms with E-state index in [1.54, 1.807) is 0 Å². The largest absolute Gasteiger partial charge is 0.477 e. The fourth-order valence-corrected chi connectivity index (χ4v) is 4.25. The summed E-state index contributed by atoms with van der Waals surface area (Å²) in [5.41, 5.74) is 0.131. The van der Waals surface area contributed by atoms with Crippen LogP contribution in [0.4, 0.5) is 8.78 Å². The van der Waals surface area contributed by atoms with Crippen molar-refractivity contribution in [2.75, 3.05) is 19.6 Å².